The van der Waals surface area contributed by atoms with Gasteiger partial charge >= 0.3 is 0 Å². The van der Waals surface area contributed by atoms with E-state index in [1.807, 2.05) is 13.8 Å². The third-order valence-corrected chi connectivity index (χ3v) is 12.3. The zero-order valence-electron chi connectivity index (χ0n) is 27.4. The van der Waals surface area contributed by atoms with Crippen molar-refractivity contribution in [2.24, 2.45) is 0 Å². The molecule has 0 aliphatic heterocycles. The summed E-state index contributed by atoms with van der Waals surface area (Å²) in [6.07, 6.45) is 3.20. The Bertz CT molecular complexity index is 2170. The van der Waals surface area contributed by atoms with Crippen LogP contribution in [0.2, 0.25) is 25.7 Å². The quantitative estimate of drug-likeness (QED) is 0.0598. The van der Waals surface area contributed by atoms with Crippen LogP contribution < -0.4 is 4.31 Å². The van der Waals surface area contributed by atoms with Crippen molar-refractivity contribution in [2.75, 3.05) is 10.9 Å². The maximum atomic E-state index is 14.8. The lowest BCUT2D eigenvalue weighted by molar-refractivity contribution is -0.387. The second-order valence-corrected chi connectivity index (χ2v) is 21.2. The van der Waals surface area contributed by atoms with Crippen LogP contribution in [0.3, 0.4) is 0 Å². The molecule has 2 aromatic heterocycles. The van der Waals surface area contributed by atoms with Gasteiger partial charge in [0.05, 0.1) is 40.0 Å². The van der Waals surface area contributed by atoms with E-state index in [4.69, 9.17) is 14.3 Å². The predicted octanol–water partition coefficient (Wildman–Crippen LogP) is 7.40. The number of nitro groups is 1. The molecule has 0 fully saturated rings. The third kappa shape index (κ3) is 6.12. The van der Waals surface area contributed by atoms with Gasteiger partial charge in [-0.25, -0.2) is 18.1 Å². The minimum Gasteiger partial charge on any atom is -0.442 e. The molecule has 0 saturated heterocycles. The lowest BCUT2D eigenvalue weighted by Gasteiger charge is -2.32. The van der Waals surface area contributed by atoms with Gasteiger partial charge in [-0.1, -0.05) is 51.7 Å². The number of hydrogen-bond donors (Lipinski definition) is 0. The number of aromatic nitrogens is 3. The van der Waals surface area contributed by atoms with Crippen LogP contribution in [0.25, 0.3) is 22.4 Å². The second-order valence-electron chi connectivity index (χ2n) is 13.8. The molecule has 1 aliphatic rings. The number of nitrogens with zero attached hydrogens (tertiary/aromatic N) is 6. The van der Waals surface area contributed by atoms with Crippen LogP contribution in [0.15, 0.2) is 82.6 Å². The Kier molecular flexibility index (Phi) is 8.48. The van der Waals surface area contributed by atoms with Gasteiger partial charge in [0, 0.05) is 26.1 Å². The van der Waals surface area contributed by atoms with E-state index in [1.165, 1.54) is 41.2 Å². The van der Waals surface area contributed by atoms with Crippen molar-refractivity contribution in [1.29, 1.82) is 5.26 Å². The van der Waals surface area contributed by atoms with E-state index in [-0.39, 0.29) is 6.73 Å². The Labute approximate surface area is 279 Å². The highest BCUT2D eigenvalue weighted by Crippen LogP contribution is 2.51. The van der Waals surface area contributed by atoms with Gasteiger partial charge in [0.2, 0.25) is 0 Å². The van der Waals surface area contributed by atoms with Crippen LogP contribution in [0.5, 0.6) is 0 Å². The summed E-state index contributed by atoms with van der Waals surface area (Å²) in [6.45, 7) is 11.6. The molecule has 14 heteroatoms. The first-order valence-electron chi connectivity index (χ1n) is 15.5. The number of nitriles is 1. The Morgan fingerprint density at radius 2 is 1.94 bits per heavy atom. The number of anilines is 1. The van der Waals surface area contributed by atoms with Crippen molar-refractivity contribution in [1.82, 2.24) is 14.8 Å². The van der Waals surface area contributed by atoms with Crippen LogP contribution in [-0.2, 0) is 26.9 Å². The van der Waals surface area contributed by atoms with E-state index in [9.17, 15) is 23.8 Å². The summed E-state index contributed by atoms with van der Waals surface area (Å²) in [5.41, 5.74) is 2.44. The van der Waals surface area contributed by atoms with Crippen LogP contribution in [0.1, 0.15) is 43.0 Å². The predicted molar refractivity (Wildman–Crippen MR) is 184 cm³/mol. The molecule has 0 spiro atoms. The standard InChI is InChI=1S/C34H36N6O6SSi/c1-34(2)18-30(25-12-10-23(19-35)16-27(25)34)39(47(43,44)32-9-7-6-8-29(32)40(41)42)24-11-13-28-26(17-24)33(31-20-36-21-46-31)37-38(28)22-45-14-15-48(3,4)5/h6-13,16-17,20-21,30H,14-15,18,22H2,1-5H3. The summed E-state index contributed by atoms with van der Waals surface area (Å²) in [6, 6.07) is 18.2. The van der Waals surface area contributed by atoms with Crippen LogP contribution in [0.4, 0.5) is 11.4 Å². The number of ether oxygens (including phenoxy) is 1. The van der Waals surface area contributed by atoms with Crippen molar-refractivity contribution in [3.8, 4) is 17.5 Å². The molecule has 2 heterocycles. The zero-order valence-corrected chi connectivity index (χ0v) is 29.2. The van der Waals surface area contributed by atoms with Gasteiger partial charge < -0.3 is 9.15 Å². The van der Waals surface area contributed by atoms with E-state index < -0.39 is 45.1 Å². The van der Waals surface area contributed by atoms with E-state index in [2.05, 4.69) is 30.7 Å². The highest BCUT2D eigenvalue weighted by atomic mass is 32.2. The minimum absolute atomic E-state index is 0.179. The van der Waals surface area contributed by atoms with Crippen molar-refractivity contribution in [2.45, 2.75) is 69.0 Å². The molecule has 0 bridgehead atoms. The third-order valence-electron chi connectivity index (χ3n) is 8.72. The molecule has 1 unspecified atom stereocenters. The average Bonchev–Trinajstić information content (AvgIpc) is 3.75. The molecule has 0 radical (unpaired) electrons. The minimum atomic E-state index is -4.54. The topological polar surface area (TPSA) is 157 Å². The fraction of sp³-hybridized carbons (Fsp3) is 0.324. The largest absolute Gasteiger partial charge is 0.442 e. The molecule has 5 aromatic rings. The molecule has 12 nitrogen and oxygen atoms in total. The van der Waals surface area contributed by atoms with E-state index >= 15 is 0 Å². The fourth-order valence-corrected chi connectivity index (χ4v) is 8.82. The number of oxazole rings is 1. The van der Waals surface area contributed by atoms with Crippen molar-refractivity contribution in [3.05, 3.63) is 100 Å². The molecular weight excluding hydrogens is 649 g/mol. The molecule has 1 aliphatic carbocycles. The molecule has 0 saturated carbocycles. The second kappa shape index (κ2) is 12.3. The Balaban J connectivity index is 1.54. The molecule has 0 N–H and O–H groups in total. The number of nitro benzene ring substituents is 1. The number of sulfonamides is 1. The van der Waals surface area contributed by atoms with E-state index in [0.717, 1.165) is 17.2 Å². The number of para-hydroxylation sites is 1. The van der Waals surface area contributed by atoms with Crippen LogP contribution in [-0.4, -0.2) is 42.8 Å². The first-order chi connectivity index (χ1) is 22.7. The first-order valence-corrected chi connectivity index (χ1v) is 20.7. The fourth-order valence-electron chi connectivity index (χ4n) is 6.28. The molecule has 6 rings (SSSR count). The lowest BCUT2D eigenvalue weighted by Crippen LogP contribution is -2.35. The number of benzene rings is 3. The van der Waals surface area contributed by atoms with E-state index in [0.29, 0.717) is 46.6 Å². The average molecular weight is 685 g/mol. The summed E-state index contributed by atoms with van der Waals surface area (Å²) in [7, 11) is -5.86. The van der Waals surface area contributed by atoms with Gasteiger partial charge in [-0.3, -0.25) is 14.4 Å². The smallest absolute Gasteiger partial charge is 0.289 e. The van der Waals surface area contributed by atoms with E-state index in [1.54, 1.807) is 41.1 Å². The van der Waals surface area contributed by atoms with Crippen LogP contribution >= 0.6 is 0 Å². The summed E-state index contributed by atoms with van der Waals surface area (Å²) < 4.78 is 44.2. The van der Waals surface area contributed by atoms with Crippen molar-refractivity contribution in [3.63, 3.8) is 0 Å². The molecule has 1 atom stereocenters. The molecule has 48 heavy (non-hydrogen) atoms. The highest BCUT2D eigenvalue weighted by Gasteiger charge is 2.45. The normalized spacial score (nSPS) is 15.7. The molecule has 3 aromatic carbocycles. The lowest BCUT2D eigenvalue weighted by atomic mass is 9.86. The molecule has 0 amide bonds. The Hall–Kier alpha value is -4.84. The van der Waals surface area contributed by atoms with Gasteiger partial charge in [0.1, 0.15) is 12.4 Å². The van der Waals surface area contributed by atoms with Gasteiger partial charge in [0.15, 0.2) is 17.0 Å². The first kappa shape index (κ1) is 33.1. The van der Waals surface area contributed by atoms with Crippen LogP contribution in [0, 0.1) is 21.4 Å². The maximum absolute atomic E-state index is 14.8. The summed E-state index contributed by atoms with van der Waals surface area (Å²) in [5, 5.41) is 27.1. The van der Waals surface area contributed by atoms with Gasteiger partial charge in [-0.2, -0.15) is 10.4 Å². The highest BCUT2D eigenvalue weighted by molar-refractivity contribution is 7.93. The summed E-state index contributed by atoms with van der Waals surface area (Å²) in [4.78, 5) is 15.0. The number of rotatable bonds is 11. The van der Waals surface area contributed by atoms with Gasteiger partial charge in [-0.05, 0) is 65.4 Å². The Morgan fingerprint density at radius 3 is 2.62 bits per heavy atom. The number of fused-ring (bicyclic) bond motifs is 2. The van der Waals surface area contributed by atoms with Crippen molar-refractivity contribution < 1.29 is 22.5 Å². The number of hydrogen-bond acceptors (Lipinski definition) is 9. The summed E-state index contributed by atoms with van der Waals surface area (Å²) in [5.74, 6) is 0.391. The van der Waals surface area contributed by atoms with Gasteiger partial charge in [-0.15, -0.1) is 0 Å². The summed E-state index contributed by atoms with van der Waals surface area (Å²) >= 11 is 0. The molecular formula is C34H36N6O6SSi. The maximum Gasteiger partial charge on any atom is 0.289 e. The SMILES string of the molecule is CC1(C)CC(N(c2ccc3c(c2)c(-c2cnco2)nn3COCC[Si](C)(C)C)S(=O)(=O)c2ccccc2[N+](=O)[O-])c2ccc(C#N)cc21. The molecule has 248 valence electrons. The van der Waals surface area contributed by atoms with Crippen molar-refractivity contribution >= 4 is 40.4 Å². The zero-order chi connectivity index (χ0) is 34.4. The van der Waals surface area contributed by atoms with Gasteiger partial charge in [0.25, 0.3) is 15.7 Å². The monoisotopic (exact) mass is 684 g/mol. The Morgan fingerprint density at radius 1 is 1.17 bits per heavy atom.